The van der Waals surface area contributed by atoms with Gasteiger partial charge in [-0.05, 0) is 28.4 Å². The van der Waals surface area contributed by atoms with Crippen LogP contribution in [0.1, 0.15) is 23.8 Å². The fourth-order valence-corrected chi connectivity index (χ4v) is 1.80. The van der Waals surface area contributed by atoms with Gasteiger partial charge in [0.25, 0.3) is 5.91 Å². The Hall–Kier alpha value is -1.30. The van der Waals surface area contributed by atoms with Crippen molar-refractivity contribution in [2.45, 2.75) is 19.9 Å². The molecule has 0 aliphatic rings. The Morgan fingerprint density at radius 3 is 2.81 bits per heavy atom. The van der Waals surface area contributed by atoms with E-state index < -0.39 is 5.97 Å². The summed E-state index contributed by atoms with van der Waals surface area (Å²) in [6.07, 6.45) is 2.71. The third-order valence-corrected chi connectivity index (χ3v) is 2.39. The molecule has 0 bridgehead atoms. The minimum Gasteiger partial charge on any atom is -0.480 e. The molecule has 1 aromatic heterocycles. The van der Waals surface area contributed by atoms with E-state index in [0.717, 1.165) is 17.4 Å². The van der Waals surface area contributed by atoms with Crippen molar-refractivity contribution < 1.29 is 14.7 Å². The molecule has 0 saturated carbocycles. The molecule has 0 atom stereocenters. The molecule has 88 valence electrons. The first-order valence-corrected chi connectivity index (χ1v) is 5.69. The van der Waals surface area contributed by atoms with Crippen LogP contribution in [-0.2, 0) is 11.3 Å². The molecular weight excluding hydrogens is 276 g/mol. The number of hydrogen-bond donors (Lipinski definition) is 2. The quantitative estimate of drug-likeness (QED) is 0.862. The second kappa shape index (κ2) is 5.69. The van der Waals surface area contributed by atoms with Crippen molar-refractivity contribution in [2.24, 2.45) is 0 Å². The highest BCUT2D eigenvalue weighted by Gasteiger charge is 2.13. The van der Waals surface area contributed by atoms with E-state index in [9.17, 15) is 9.59 Å². The van der Waals surface area contributed by atoms with Crippen LogP contribution in [0.25, 0.3) is 0 Å². The van der Waals surface area contributed by atoms with Crippen LogP contribution in [-0.4, -0.2) is 28.1 Å². The highest BCUT2D eigenvalue weighted by Crippen LogP contribution is 2.15. The molecule has 0 radical (unpaired) electrons. The molecular formula is C10H13BrN2O3. The van der Waals surface area contributed by atoms with E-state index in [1.807, 2.05) is 6.92 Å². The Balaban J connectivity index is 2.77. The van der Waals surface area contributed by atoms with E-state index in [1.165, 1.54) is 0 Å². The summed E-state index contributed by atoms with van der Waals surface area (Å²) >= 11 is 3.28. The van der Waals surface area contributed by atoms with E-state index in [-0.39, 0.29) is 12.5 Å². The number of aliphatic carboxylic acids is 1. The van der Waals surface area contributed by atoms with Crippen molar-refractivity contribution in [1.82, 2.24) is 9.88 Å². The Bertz CT molecular complexity index is 401. The van der Waals surface area contributed by atoms with Crippen molar-refractivity contribution in [2.75, 3.05) is 6.54 Å². The molecule has 0 aliphatic heterocycles. The second-order valence-electron chi connectivity index (χ2n) is 3.31. The number of carboxylic acids is 1. The Morgan fingerprint density at radius 1 is 1.56 bits per heavy atom. The van der Waals surface area contributed by atoms with Crippen molar-refractivity contribution in [3.8, 4) is 0 Å². The molecule has 0 unspecified atom stereocenters. The van der Waals surface area contributed by atoms with Crippen LogP contribution >= 0.6 is 15.9 Å². The topological polar surface area (TPSA) is 71.3 Å². The first-order valence-electron chi connectivity index (χ1n) is 4.90. The maximum absolute atomic E-state index is 11.6. The summed E-state index contributed by atoms with van der Waals surface area (Å²) < 4.78 is 2.60. The van der Waals surface area contributed by atoms with E-state index in [4.69, 9.17) is 5.11 Å². The minimum atomic E-state index is -1.05. The molecule has 1 amide bonds. The van der Waals surface area contributed by atoms with Crippen LogP contribution in [0.3, 0.4) is 0 Å². The van der Waals surface area contributed by atoms with Gasteiger partial charge in [0.1, 0.15) is 12.2 Å². The summed E-state index contributed by atoms with van der Waals surface area (Å²) in [5.41, 5.74) is 0.468. The van der Waals surface area contributed by atoms with Crippen LogP contribution in [0.2, 0.25) is 0 Å². The number of rotatable bonds is 5. The monoisotopic (exact) mass is 288 g/mol. The Labute approximate surface area is 102 Å². The van der Waals surface area contributed by atoms with E-state index in [1.54, 1.807) is 16.8 Å². The number of carbonyl (C=O) groups is 2. The van der Waals surface area contributed by atoms with E-state index in [0.29, 0.717) is 5.69 Å². The zero-order valence-corrected chi connectivity index (χ0v) is 10.5. The summed E-state index contributed by atoms with van der Waals surface area (Å²) in [6.45, 7) is 2.36. The van der Waals surface area contributed by atoms with Gasteiger partial charge in [-0.25, -0.2) is 0 Å². The summed E-state index contributed by atoms with van der Waals surface area (Å²) in [5, 5.41) is 10.8. The average Bonchev–Trinajstić information content (AvgIpc) is 2.56. The zero-order chi connectivity index (χ0) is 12.1. The number of halogens is 1. The largest absolute Gasteiger partial charge is 0.480 e. The van der Waals surface area contributed by atoms with Gasteiger partial charge in [0.15, 0.2) is 0 Å². The first-order chi connectivity index (χ1) is 7.54. The molecule has 0 aliphatic carbocycles. The van der Waals surface area contributed by atoms with Gasteiger partial charge in [-0.3, -0.25) is 9.59 Å². The van der Waals surface area contributed by atoms with Gasteiger partial charge in [0, 0.05) is 17.2 Å². The van der Waals surface area contributed by atoms with Gasteiger partial charge < -0.3 is 15.0 Å². The smallest absolute Gasteiger partial charge is 0.322 e. The average molecular weight is 289 g/mol. The molecule has 0 fully saturated rings. The maximum Gasteiger partial charge on any atom is 0.322 e. The number of nitrogens with zero attached hydrogens (tertiary/aromatic N) is 1. The van der Waals surface area contributed by atoms with Gasteiger partial charge in [-0.1, -0.05) is 6.92 Å². The van der Waals surface area contributed by atoms with Gasteiger partial charge in [0.2, 0.25) is 0 Å². The number of amides is 1. The minimum absolute atomic E-state index is 0.367. The van der Waals surface area contributed by atoms with Gasteiger partial charge >= 0.3 is 5.97 Å². The van der Waals surface area contributed by atoms with Gasteiger partial charge in [-0.15, -0.1) is 0 Å². The number of nitrogens with one attached hydrogen (secondary N) is 1. The van der Waals surface area contributed by atoms with Gasteiger partial charge in [0.05, 0.1) is 0 Å². The van der Waals surface area contributed by atoms with Crippen LogP contribution in [0.4, 0.5) is 0 Å². The molecule has 5 nitrogen and oxygen atoms in total. The third kappa shape index (κ3) is 3.37. The fraction of sp³-hybridized carbons (Fsp3) is 0.400. The fourth-order valence-electron chi connectivity index (χ4n) is 1.34. The SMILES string of the molecule is CCCn1cc(Br)cc1C(=O)NCC(=O)O. The molecule has 0 saturated heterocycles. The molecule has 1 aromatic rings. The molecule has 16 heavy (non-hydrogen) atoms. The number of aryl methyl sites for hydroxylation is 1. The standard InChI is InChI=1S/C10H13BrN2O3/c1-2-3-13-6-7(11)4-8(13)10(16)12-5-9(14)15/h4,6H,2-3,5H2,1H3,(H,12,16)(H,14,15). The number of hydrogen-bond acceptors (Lipinski definition) is 2. The molecule has 1 rings (SSSR count). The number of carbonyl (C=O) groups excluding carboxylic acids is 1. The maximum atomic E-state index is 11.6. The van der Waals surface area contributed by atoms with Crippen LogP contribution in [0.5, 0.6) is 0 Å². The summed E-state index contributed by atoms with van der Waals surface area (Å²) in [6, 6.07) is 1.67. The Morgan fingerprint density at radius 2 is 2.25 bits per heavy atom. The van der Waals surface area contributed by atoms with Crippen molar-refractivity contribution >= 4 is 27.8 Å². The first kappa shape index (κ1) is 12.8. The predicted octanol–water partition coefficient (Wildman–Crippen LogP) is 1.48. The third-order valence-electron chi connectivity index (χ3n) is 1.96. The predicted molar refractivity (Wildman–Crippen MR) is 62.4 cm³/mol. The molecule has 0 spiro atoms. The molecule has 6 heteroatoms. The summed E-state index contributed by atoms with van der Waals surface area (Å²) in [4.78, 5) is 22.0. The lowest BCUT2D eigenvalue weighted by Crippen LogP contribution is -2.30. The van der Waals surface area contributed by atoms with Crippen molar-refractivity contribution in [3.05, 3.63) is 22.4 Å². The normalized spacial score (nSPS) is 10.1. The molecule has 1 heterocycles. The summed E-state index contributed by atoms with van der Waals surface area (Å²) in [7, 11) is 0. The number of carboxylic acid groups (broad SMARTS) is 1. The highest BCUT2D eigenvalue weighted by atomic mass is 79.9. The number of aromatic nitrogens is 1. The highest BCUT2D eigenvalue weighted by molar-refractivity contribution is 9.10. The van der Waals surface area contributed by atoms with Crippen LogP contribution in [0.15, 0.2) is 16.7 Å². The molecule has 2 N–H and O–H groups in total. The lowest BCUT2D eigenvalue weighted by Gasteiger charge is -2.06. The van der Waals surface area contributed by atoms with E-state index >= 15 is 0 Å². The Kier molecular flexibility index (Phi) is 4.54. The van der Waals surface area contributed by atoms with Gasteiger partial charge in [-0.2, -0.15) is 0 Å². The van der Waals surface area contributed by atoms with Crippen molar-refractivity contribution in [1.29, 1.82) is 0 Å². The van der Waals surface area contributed by atoms with Crippen LogP contribution < -0.4 is 5.32 Å². The van der Waals surface area contributed by atoms with Crippen LogP contribution in [0, 0.1) is 0 Å². The zero-order valence-electron chi connectivity index (χ0n) is 8.86. The van der Waals surface area contributed by atoms with Crippen molar-refractivity contribution in [3.63, 3.8) is 0 Å². The lowest BCUT2D eigenvalue weighted by atomic mass is 10.3. The molecule has 0 aromatic carbocycles. The summed E-state index contributed by atoms with van der Waals surface area (Å²) in [5.74, 6) is -1.43. The second-order valence-corrected chi connectivity index (χ2v) is 4.23. The lowest BCUT2D eigenvalue weighted by molar-refractivity contribution is -0.135. The van der Waals surface area contributed by atoms with E-state index in [2.05, 4.69) is 21.2 Å².